The predicted molar refractivity (Wildman–Crippen MR) is 100 cm³/mol. The molecule has 1 aliphatic rings. The Morgan fingerprint density at radius 3 is 1.96 bits per heavy atom. The van der Waals surface area contributed by atoms with Crippen molar-refractivity contribution in [3.63, 3.8) is 0 Å². The number of aryl methyl sites for hydroxylation is 2. The Morgan fingerprint density at radius 2 is 1.36 bits per heavy atom. The highest BCUT2D eigenvalue weighted by molar-refractivity contribution is 5.26. The average Bonchev–Trinajstić information content (AvgIpc) is 2.64. The Kier molecular flexibility index (Phi) is 6.23. The summed E-state index contributed by atoms with van der Waals surface area (Å²) < 4.78 is 27.1. The van der Waals surface area contributed by atoms with E-state index in [0.29, 0.717) is 0 Å². The number of hydrogen-bond donors (Lipinski definition) is 0. The van der Waals surface area contributed by atoms with Gasteiger partial charge in [0.2, 0.25) is 0 Å². The van der Waals surface area contributed by atoms with E-state index in [4.69, 9.17) is 0 Å². The second-order valence-electron chi connectivity index (χ2n) is 7.47. The summed E-state index contributed by atoms with van der Waals surface area (Å²) in [6, 6.07) is 12.1. The number of rotatable bonds is 6. The molecular weight excluding hydrogens is 314 g/mol. The summed E-state index contributed by atoms with van der Waals surface area (Å²) in [7, 11) is 0. The Labute approximate surface area is 150 Å². The number of halogens is 2. The molecule has 0 aliphatic heterocycles. The van der Waals surface area contributed by atoms with Gasteiger partial charge in [-0.05, 0) is 80.2 Å². The van der Waals surface area contributed by atoms with Gasteiger partial charge in [-0.25, -0.2) is 8.78 Å². The third-order valence-corrected chi connectivity index (χ3v) is 5.58. The first-order valence-electron chi connectivity index (χ1n) is 9.67. The van der Waals surface area contributed by atoms with Crippen molar-refractivity contribution < 1.29 is 8.78 Å². The van der Waals surface area contributed by atoms with Crippen LogP contribution in [0.5, 0.6) is 0 Å². The molecule has 2 heteroatoms. The average molecular weight is 342 g/mol. The molecule has 1 fully saturated rings. The standard InChI is InChI=1S/C23H28F2/c1-17-22(24)15-19(16-23(17)25)8-6-5-7-18-11-13-21(14-12-18)20-9-3-2-4-10-20/h11-16,20H,2-10H2,1H3. The lowest BCUT2D eigenvalue weighted by Gasteiger charge is -2.22. The first-order valence-corrected chi connectivity index (χ1v) is 9.67. The van der Waals surface area contributed by atoms with E-state index in [0.717, 1.165) is 37.2 Å². The molecule has 0 radical (unpaired) electrons. The number of benzene rings is 2. The maximum atomic E-state index is 13.6. The molecule has 0 atom stereocenters. The van der Waals surface area contributed by atoms with Crippen molar-refractivity contribution in [2.75, 3.05) is 0 Å². The molecule has 0 unspecified atom stereocenters. The van der Waals surface area contributed by atoms with E-state index in [1.807, 2.05) is 0 Å². The topological polar surface area (TPSA) is 0 Å². The Morgan fingerprint density at radius 1 is 0.800 bits per heavy atom. The van der Waals surface area contributed by atoms with Crippen molar-refractivity contribution >= 4 is 0 Å². The molecule has 0 N–H and O–H groups in total. The lowest BCUT2D eigenvalue weighted by Crippen LogP contribution is -2.04. The minimum absolute atomic E-state index is 0.113. The molecule has 0 amide bonds. The first-order chi connectivity index (χ1) is 12.1. The van der Waals surface area contributed by atoms with Crippen molar-refractivity contribution in [2.45, 2.75) is 70.6 Å². The molecular formula is C23H28F2. The fourth-order valence-electron chi connectivity index (χ4n) is 3.89. The van der Waals surface area contributed by atoms with Gasteiger partial charge in [-0.3, -0.25) is 0 Å². The van der Waals surface area contributed by atoms with Crippen LogP contribution in [0.3, 0.4) is 0 Å². The van der Waals surface area contributed by atoms with Crippen LogP contribution in [0.1, 0.15) is 73.1 Å². The molecule has 25 heavy (non-hydrogen) atoms. The van der Waals surface area contributed by atoms with Gasteiger partial charge in [0.05, 0.1) is 0 Å². The SMILES string of the molecule is Cc1c(F)cc(CCCCc2ccc(C3CCCCC3)cc2)cc1F. The fraction of sp³-hybridized carbons (Fsp3) is 0.478. The van der Waals surface area contributed by atoms with Gasteiger partial charge >= 0.3 is 0 Å². The van der Waals surface area contributed by atoms with E-state index in [2.05, 4.69) is 24.3 Å². The molecule has 0 spiro atoms. The lowest BCUT2D eigenvalue weighted by molar-refractivity contribution is 0.443. The van der Waals surface area contributed by atoms with Crippen LogP contribution in [-0.4, -0.2) is 0 Å². The zero-order valence-corrected chi connectivity index (χ0v) is 15.2. The molecule has 134 valence electrons. The van der Waals surface area contributed by atoms with E-state index >= 15 is 0 Å². The maximum Gasteiger partial charge on any atom is 0.129 e. The van der Waals surface area contributed by atoms with Gasteiger partial charge in [-0.2, -0.15) is 0 Å². The van der Waals surface area contributed by atoms with Crippen LogP contribution in [-0.2, 0) is 12.8 Å². The van der Waals surface area contributed by atoms with E-state index in [1.165, 1.54) is 62.3 Å². The Balaban J connectivity index is 1.46. The van der Waals surface area contributed by atoms with Crippen LogP contribution in [0.25, 0.3) is 0 Å². The quantitative estimate of drug-likeness (QED) is 0.502. The van der Waals surface area contributed by atoms with E-state index in [9.17, 15) is 8.78 Å². The van der Waals surface area contributed by atoms with Crippen LogP contribution >= 0.6 is 0 Å². The zero-order chi connectivity index (χ0) is 17.6. The molecule has 0 bridgehead atoms. The van der Waals surface area contributed by atoms with Crippen molar-refractivity contribution in [1.82, 2.24) is 0 Å². The molecule has 0 nitrogen and oxygen atoms in total. The summed E-state index contributed by atoms with van der Waals surface area (Å²) in [5.74, 6) is -0.115. The maximum absolute atomic E-state index is 13.6. The third kappa shape index (κ3) is 4.90. The van der Waals surface area contributed by atoms with Crippen LogP contribution in [0, 0.1) is 18.6 Å². The van der Waals surface area contributed by atoms with E-state index in [-0.39, 0.29) is 5.56 Å². The minimum Gasteiger partial charge on any atom is -0.207 e. The molecule has 1 aliphatic carbocycles. The smallest absolute Gasteiger partial charge is 0.129 e. The highest BCUT2D eigenvalue weighted by Crippen LogP contribution is 2.32. The Bertz CT molecular complexity index is 659. The van der Waals surface area contributed by atoms with Gasteiger partial charge in [-0.1, -0.05) is 43.5 Å². The van der Waals surface area contributed by atoms with E-state index in [1.54, 1.807) is 0 Å². The van der Waals surface area contributed by atoms with Crippen LogP contribution < -0.4 is 0 Å². The van der Waals surface area contributed by atoms with Gasteiger partial charge in [0.15, 0.2) is 0 Å². The van der Waals surface area contributed by atoms with E-state index < -0.39 is 11.6 Å². The first kappa shape index (κ1) is 18.1. The van der Waals surface area contributed by atoms with Crippen molar-refractivity contribution in [3.05, 3.63) is 70.3 Å². The predicted octanol–water partition coefficient (Wildman–Crippen LogP) is 6.89. The summed E-state index contributed by atoms with van der Waals surface area (Å²) in [5.41, 5.74) is 3.73. The molecule has 0 heterocycles. The number of hydrogen-bond acceptors (Lipinski definition) is 0. The van der Waals surface area contributed by atoms with Crippen LogP contribution in [0.15, 0.2) is 36.4 Å². The van der Waals surface area contributed by atoms with Crippen molar-refractivity contribution in [1.29, 1.82) is 0 Å². The van der Waals surface area contributed by atoms with Crippen molar-refractivity contribution in [3.8, 4) is 0 Å². The van der Waals surface area contributed by atoms with Gasteiger partial charge < -0.3 is 0 Å². The monoisotopic (exact) mass is 342 g/mol. The summed E-state index contributed by atoms with van der Waals surface area (Å²) >= 11 is 0. The molecule has 2 aromatic carbocycles. The van der Waals surface area contributed by atoms with Gasteiger partial charge in [0, 0.05) is 5.56 Å². The highest BCUT2D eigenvalue weighted by Gasteiger charge is 2.15. The molecule has 2 aromatic rings. The minimum atomic E-state index is -0.437. The zero-order valence-electron chi connectivity index (χ0n) is 15.2. The van der Waals surface area contributed by atoms with Crippen LogP contribution in [0.2, 0.25) is 0 Å². The molecule has 0 saturated heterocycles. The summed E-state index contributed by atoms with van der Waals surface area (Å²) in [6.45, 7) is 1.48. The van der Waals surface area contributed by atoms with Gasteiger partial charge in [-0.15, -0.1) is 0 Å². The summed E-state index contributed by atoms with van der Waals surface area (Å²) in [6.07, 6.45) is 10.6. The summed E-state index contributed by atoms with van der Waals surface area (Å²) in [5, 5.41) is 0. The summed E-state index contributed by atoms with van der Waals surface area (Å²) in [4.78, 5) is 0. The normalized spacial score (nSPS) is 15.5. The largest absolute Gasteiger partial charge is 0.207 e. The Hall–Kier alpha value is -1.70. The lowest BCUT2D eigenvalue weighted by atomic mass is 9.84. The van der Waals surface area contributed by atoms with Crippen molar-refractivity contribution in [2.24, 2.45) is 0 Å². The molecule has 3 rings (SSSR count). The second kappa shape index (κ2) is 8.60. The van der Waals surface area contributed by atoms with Gasteiger partial charge in [0.1, 0.15) is 11.6 Å². The van der Waals surface area contributed by atoms with Gasteiger partial charge in [0.25, 0.3) is 0 Å². The van der Waals surface area contributed by atoms with Crippen LogP contribution in [0.4, 0.5) is 8.78 Å². The second-order valence-corrected chi connectivity index (χ2v) is 7.47. The third-order valence-electron chi connectivity index (χ3n) is 5.58. The molecule has 0 aromatic heterocycles. The number of unbranched alkanes of at least 4 members (excludes halogenated alkanes) is 1. The highest BCUT2D eigenvalue weighted by atomic mass is 19.1. The molecule has 1 saturated carbocycles. The fourth-order valence-corrected chi connectivity index (χ4v) is 3.89.